The smallest absolute Gasteiger partial charge is 0.127 e. The molecule has 0 spiro atoms. The van der Waals surface area contributed by atoms with Gasteiger partial charge in [0, 0.05) is 5.92 Å². The first-order valence-electron chi connectivity index (χ1n) is 4.74. The first-order valence-corrected chi connectivity index (χ1v) is 4.74. The van der Waals surface area contributed by atoms with Crippen LogP contribution in [0.15, 0.2) is 30.3 Å². The lowest BCUT2D eigenvalue weighted by atomic mass is 9.92. The summed E-state index contributed by atoms with van der Waals surface area (Å²) in [5, 5.41) is 0. The summed E-state index contributed by atoms with van der Waals surface area (Å²) in [7, 11) is 0. The molecule has 0 aliphatic carbocycles. The van der Waals surface area contributed by atoms with Gasteiger partial charge in [0.15, 0.2) is 0 Å². The predicted molar refractivity (Wildman–Crippen MR) is 54.7 cm³/mol. The van der Waals surface area contributed by atoms with E-state index < -0.39 is 0 Å². The number of benzene rings is 1. The van der Waals surface area contributed by atoms with Gasteiger partial charge < -0.3 is 4.79 Å². The van der Waals surface area contributed by atoms with Gasteiger partial charge in [-0.25, -0.2) is 0 Å². The fraction of sp³-hybridized carbons (Fsp3) is 0.417. The van der Waals surface area contributed by atoms with Gasteiger partial charge >= 0.3 is 0 Å². The van der Waals surface area contributed by atoms with E-state index in [0.717, 1.165) is 18.3 Å². The molecular formula is C12H16O. The van der Waals surface area contributed by atoms with Gasteiger partial charge in [0.1, 0.15) is 6.29 Å². The van der Waals surface area contributed by atoms with Gasteiger partial charge in [-0.2, -0.15) is 0 Å². The molecule has 0 saturated carbocycles. The van der Waals surface area contributed by atoms with Crippen molar-refractivity contribution < 1.29 is 4.79 Å². The highest BCUT2D eigenvalue weighted by atomic mass is 16.1. The van der Waals surface area contributed by atoms with Crippen LogP contribution in [0, 0.1) is 5.92 Å². The molecule has 0 radical (unpaired) electrons. The Kier molecular flexibility index (Phi) is 3.69. The van der Waals surface area contributed by atoms with E-state index in [-0.39, 0.29) is 5.92 Å². The minimum Gasteiger partial charge on any atom is -0.303 e. The lowest BCUT2D eigenvalue weighted by molar-refractivity contribution is -0.109. The van der Waals surface area contributed by atoms with Gasteiger partial charge in [-0.1, -0.05) is 44.2 Å². The van der Waals surface area contributed by atoms with Gasteiger partial charge in [-0.05, 0) is 17.9 Å². The molecule has 0 saturated heterocycles. The number of carbonyl (C=O) groups excluding carboxylic acids is 1. The lowest BCUT2D eigenvalue weighted by Crippen LogP contribution is -2.03. The quantitative estimate of drug-likeness (QED) is 0.644. The summed E-state index contributed by atoms with van der Waals surface area (Å²) < 4.78 is 0. The fourth-order valence-corrected chi connectivity index (χ4v) is 1.48. The largest absolute Gasteiger partial charge is 0.303 e. The highest BCUT2D eigenvalue weighted by Crippen LogP contribution is 2.20. The fourth-order valence-electron chi connectivity index (χ4n) is 1.48. The van der Waals surface area contributed by atoms with Crippen molar-refractivity contribution >= 4 is 6.29 Å². The standard InChI is InChI=1S/C12H16O/c1-10(2)8-12(9-13)11-6-4-3-5-7-11/h3-7,9-10,12H,8H2,1-2H3/t12-/m0/s1. The average Bonchev–Trinajstić information content (AvgIpc) is 2.15. The predicted octanol–water partition coefficient (Wildman–Crippen LogP) is 3.02. The second-order valence-corrected chi connectivity index (χ2v) is 3.78. The normalized spacial score (nSPS) is 12.8. The Morgan fingerprint density at radius 1 is 1.23 bits per heavy atom. The van der Waals surface area contributed by atoms with Crippen LogP contribution in [0.3, 0.4) is 0 Å². The van der Waals surface area contributed by atoms with Crippen molar-refractivity contribution in [2.24, 2.45) is 5.92 Å². The zero-order valence-electron chi connectivity index (χ0n) is 8.23. The Bertz CT molecular complexity index is 251. The maximum atomic E-state index is 10.8. The van der Waals surface area contributed by atoms with E-state index in [2.05, 4.69) is 13.8 Å². The number of hydrogen-bond acceptors (Lipinski definition) is 1. The number of rotatable bonds is 4. The summed E-state index contributed by atoms with van der Waals surface area (Å²) in [6, 6.07) is 9.96. The molecule has 1 aromatic rings. The number of hydrogen-bond donors (Lipinski definition) is 0. The maximum Gasteiger partial charge on any atom is 0.127 e. The molecule has 1 aromatic carbocycles. The molecule has 0 amide bonds. The van der Waals surface area contributed by atoms with E-state index in [1.54, 1.807) is 0 Å². The lowest BCUT2D eigenvalue weighted by Gasteiger charge is -2.12. The Labute approximate surface area is 79.8 Å². The van der Waals surface area contributed by atoms with Crippen LogP contribution in [0.4, 0.5) is 0 Å². The average molecular weight is 176 g/mol. The minimum atomic E-state index is 0.0706. The number of carbonyl (C=O) groups is 1. The van der Waals surface area contributed by atoms with Crippen molar-refractivity contribution in [2.45, 2.75) is 26.2 Å². The van der Waals surface area contributed by atoms with Gasteiger partial charge in [-0.15, -0.1) is 0 Å². The topological polar surface area (TPSA) is 17.1 Å². The van der Waals surface area contributed by atoms with Crippen LogP contribution >= 0.6 is 0 Å². The van der Waals surface area contributed by atoms with E-state index in [0.29, 0.717) is 5.92 Å². The van der Waals surface area contributed by atoms with E-state index in [9.17, 15) is 4.79 Å². The zero-order valence-corrected chi connectivity index (χ0v) is 8.23. The van der Waals surface area contributed by atoms with Crippen molar-refractivity contribution in [1.29, 1.82) is 0 Å². The first-order chi connectivity index (χ1) is 6.24. The molecule has 0 unspecified atom stereocenters. The van der Waals surface area contributed by atoms with E-state index in [1.807, 2.05) is 30.3 Å². The van der Waals surface area contributed by atoms with Gasteiger partial charge in [0.05, 0.1) is 0 Å². The zero-order chi connectivity index (χ0) is 9.68. The van der Waals surface area contributed by atoms with Gasteiger partial charge in [0.2, 0.25) is 0 Å². The van der Waals surface area contributed by atoms with E-state index >= 15 is 0 Å². The minimum absolute atomic E-state index is 0.0706. The van der Waals surface area contributed by atoms with Crippen LogP contribution in [0.2, 0.25) is 0 Å². The molecule has 0 bridgehead atoms. The van der Waals surface area contributed by atoms with Crippen LogP contribution < -0.4 is 0 Å². The summed E-state index contributed by atoms with van der Waals surface area (Å²) in [4.78, 5) is 10.8. The second-order valence-electron chi connectivity index (χ2n) is 3.78. The van der Waals surface area contributed by atoms with Crippen molar-refractivity contribution in [2.75, 3.05) is 0 Å². The monoisotopic (exact) mass is 176 g/mol. The Hall–Kier alpha value is -1.11. The van der Waals surface area contributed by atoms with Gasteiger partial charge in [-0.3, -0.25) is 0 Å². The Morgan fingerprint density at radius 2 is 1.85 bits per heavy atom. The molecule has 1 atom stereocenters. The van der Waals surface area contributed by atoms with Crippen LogP contribution in [0.5, 0.6) is 0 Å². The summed E-state index contributed by atoms with van der Waals surface area (Å²) in [5.41, 5.74) is 1.13. The van der Waals surface area contributed by atoms with Crippen LogP contribution in [0.1, 0.15) is 31.7 Å². The molecule has 0 aromatic heterocycles. The van der Waals surface area contributed by atoms with Crippen molar-refractivity contribution in [3.63, 3.8) is 0 Å². The first kappa shape index (κ1) is 9.97. The summed E-state index contributed by atoms with van der Waals surface area (Å²) >= 11 is 0. The summed E-state index contributed by atoms with van der Waals surface area (Å²) in [6.07, 6.45) is 1.99. The SMILES string of the molecule is CC(C)C[C@@H](C=O)c1ccccc1. The van der Waals surface area contributed by atoms with Crippen LogP contribution in [-0.2, 0) is 4.79 Å². The number of aldehydes is 1. The Morgan fingerprint density at radius 3 is 2.31 bits per heavy atom. The van der Waals surface area contributed by atoms with E-state index in [1.165, 1.54) is 0 Å². The van der Waals surface area contributed by atoms with Crippen LogP contribution in [0.25, 0.3) is 0 Å². The summed E-state index contributed by atoms with van der Waals surface area (Å²) in [6.45, 7) is 4.28. The molecular weight excluding hydrogens is 160 g/mol. The summed E-state index contributed by atoms with van der Waals surface area (Å²) in [5.74, 6) is 0.636. The molecule has 0 N–H and O–H groups in total. The maximum absolute atomic E-state index is 10.8. The third-order valence-electron chi connectivity index (χ3n) is 2.12. The van der Waals surface area contributed by atoms with Crippen molar-refractivity contribution in [3.05, 3.63) is 35.9 Å². The highest BCUT2D eigenvalue weighted by molar-refractivity contribution is 5.61. The second kappa shape index (κ2) is 4.80. The third-order valence-corrected chi connectivity index (χ3v) is 2.12. The van der Waals surface area contributed by atoms with Crippen molar-refractivity contribution in [1.82, 2.24) is 0 Å². The Balaban J connectivity index is 2.73. The molecule has 0 aliphatic rings. The van der Waals surface area contributed by atoms with Gasteiger partial charge in [0.25, 0.3) is 0 Å². The molecule has 13 heavy (non-hydrogen) atoms. The molecule has 1 heteroatoms. The van der Waals surface area contributed by atoms with Crippen molar-refractivity contribution in [3.8, 4) is 0 Å². The molecule has 0 heterocycles. The molecule has 0 aliphatic heterocycles. The molecule has 1 rings (SSSR count). The van der Waals surface area contributed by atoms with E-state index in [4.69, 9.17) is 0 Å². The molecule has 0 fully saturated rings. The third kappa shape index (κ3) is 3.02. The molecule has 1 nitrogen and oxygen atoms in total. The highest BCUT2D eigenvalue weighted by Gasteiger charge is 2.11. The molecule has 70 valence electrons. The van der Waals surface area contributed by atoms with Crippen LogP contribution in [-0.4, -0.2) is 6.29 Å².